The van der Waals surface area contributed by atoms with Gasteiger partial charge in [0, 0.05) is 24.3 Å². The highest BCUT2D eigenvalue weighted by Gasteiger charge is 2.35. The number of carbonyl (C=O) groups excluding carboxylic acids is 2. The molecule has 25 heavy (non-hydrogen) atoms. The molecule has 0 radical (unpaired) electrons. The van der Waals surface area contributed by atoms with Crippen LogP contribution in [-0.2, 0) is 16.0 Å². The number of nitrogens with one attached hydrogen (secondary N) is 1. The number of rotatable bonds is 4. The highest BCUT2D eigenvalue weighted by atomic mass is 35.5. The summed E-state index contributed by atoms with van der Waals surface area (Å²) in [5.41, 5.74) is 2.40. The van der Waals surface area contributed by atoms with E-state index in [9.17, 15) is 14.0 Å². The number of halogens is 2. The van der Waals surface area contributed by atoms with Gasteiger partial charge in [-0.15, -0.1) is 0 Å². The Labute approximate surface area is 150 Å². The van der Waals surface area contributed by atoms with Crippen molar-refractivity contribution in [2.45, 2.75) is 19.8 Å². The molecule has 2 amide bonds. The van der Waals surface area contributed by atoms with Gasteiger partial charge in [-0.05, 0) is 42.3 Å². The van der Waals surface area contributed by atoms with Crippen LogP contribution >= 0.6 is 11.6 Å². The van der Waals surface area contributed by atoms with Crippen LogP contribution in [0.25, 0.3) is 0 Å². The molecule has 0 saturated carbocycles. The molecule has 1 heterocycles. The lowest BCUT2D eigenvalue weighted by Gasteiger charge is -2.17. The molecular formula is C19H18ClFN2O2. The number of hydrogen-bond donors (Lipinski definition) is 1. The third kappa shape index (κ3) is 3.82. The molecule has 0 spiro atoms. The number of nitrogens with zero attached hydrogens (tertiary/aromatic N) is 1. The number of amides is 2. The van der Waals surface area contributed by atoms with E-state index >= 15 is 0 Å². The quantitative estimate of drug-likeness (QED) is 0.894. The molecule has 1 aliphatic heterocycles. The van der Waals surface area contributed by atoms with Crippen molar-refractivity contribution in [3.8, 4) is 0 Å². The maximum atomic E-state index is 13.2. The zero-order valence-corrected chi connectivity index (χ0v) is 14.5. The molecule has 1 fully saturated rings. The third-order valence-electron chi connectivity index (χ3n) is 4.34. The van der Waals surface area contributed by atoms with Crippen LogP contribution < -0.4 is 10.2 Å². The summed E-state index contributed by atoms with van der Waals surface area (Å²) < 4.78 is 13.2. The Morgan fingerprint density at radius 3 is 2.64 bits per heavy atom. The van der Waals surface area contributed by atoms with E-state index < -0.39 is 11.7 Å². The van der Waals surface area contributed by atoms with Crippen molar-refractivity contribution in [3.05, 3.63) is 58.9 Å². The molecule has 0 aromatic heterocycles. The molecule has 2 aromatic rings. The van der Waals surface area contributed by atoms with E-state index in [2.05, 4.69) is 12.2 Å². The molecule has 1 atom stereocenters. The van der Waals surface area contributed by atoms with Crippen molar-refractivity contribution in [1.82, 2.24) is 0 Å². The molecule has 0 unspecified atom stereocenters. The van der Waals surface area contributed by atoms with Crippen molar-refractivity contribution in [3.63, 3.8) is 0 Å². The Balaban J connectivity index is 1.68. The van der Waals surface area contributed by atoms with Gasteiger partial charge in [0.25, 0.3) is 0 Å². The molecule has 0 aliphatic carbocycles. The Bertz CT molecular complexity index is 808. The van der Waals surface area contributed by atoms with Crippen molar-refractivity contribution in [2.75, 3.05) is 16.8 Å². The van der Waals surface area contributed by atoms with Gasteiger partial charge in [0.1, 0.15) is 5.82 Å². The molecule has 3 rings (SSSR count). The standard InChI is InChI=1S/C19H18ClFN2O2/c1-2-12-3-6-15(7-4-12)23-11-13(9-18(23)24)19(25)22-14-5-8-17(21)16(20)10-14/h3-8,10,13H,2,9,11H2,1H3,(H,22,25)/t13-/m0/s1. The molecule has 2 aromatic carbocycles. The van der Waals surface area contributed by atoms with E-state index in [0.717, 1.165) is 12.1 Å². The zero-order valence-electron chi connectivity index (χ0n) is 13.8. The number of hydrogen-bond acceptors (Lipinski definition) is 2. The molecule has 130 valence electrons. The van der Waals surface area contributed by atoms with Crippen LogP contribution in [0.2, 0.25) is 5.02 Å². The molecule has 6 heteroatoms. The summed E-state index contributed by atoms with van der Waals surface area (Å²) in [4.78, 5) is 26.3. The summed E-state index contributed by atoms with van der Waals surface area (Å²) in [7, 11) is 0. The van der Waals surface area contributed by atoms with Gasteiger partial charge in [-0.3, -0.25) is 9.59 Å². The van der Waals surface area contributed by atoms with Crippen molar-refractivity contribution >= 4 is 34.8 Å². The Morgan fingerprint density at radius 1 is 1.28 bits per heavy atom. The van der Waals surface area contributed by atoms with E-state index in [1.807, 2.05) is 24.3 Å². The van der Waals surface area contributed by atoms with Gasteiger partial charge in [-0.2, -0.15) is 0 Å². The smallest absolute Gasteiger partial charge is 0.229 e. The molecule has 4 nitrogen and oxygen atoms in total. The van der Waals surface area contributed by atoms with Gasteiger partial charge < -0.3 is 10.2 Å². The Hall–Kier alpha value is -2.40. The lowest BCUT2D eigenvalue weighted by molar-refractivity contribution is -0.122. The predicted octanol–water partition coefficient (Wildman–Crippen LogP) is 4.03. The van der Waals surface area contributed by atoms with Crippen LogP contribution in [-0.4, -0.2) is 18.4 Å². The minimum atomic E-state index is -0.544. The van der Waals surface area contributed by atoms with Gasteiger partial charge in [0.2, 0.25) is 11.8 Å². The van der Waals surface area contributed by atoms with Gasteiger partial charge in [-0.1, -0.05) is 30.7 Å². The maximum Gasteiger partial charge on any atom is 0.229 e. The second-order valence-corrected chi connectivity index (χ2v) is 6.45. The molecule has 1 aliphatic rings. The van der Waals surface area contributed by atoms with Crippen LogP contribution in [0.1, 0.15) is 18.9 Å². The monoisotopic (exact) mass is 360 g/mol. The summed E-state index contributed by atoms with van der Waals surface area (Å²) in [5.74, 6) is -1.36. The van der Waals surface area contributed by atoms with Crippen molar-refractivity contribution in [1.29, 1.82) is 0 Å². The summed E-state index contributed by atoms with van der Waals surface area (Å²) in [6.45, 7) is 2.39. The summed E-state index contributed by atoms with van der Waals surface area (Å²) >= 11 is 5.72. The number of aryl methyl sites for hydroxylation is 1. The maximum absolute atomic E-state index is 13.2. The van der Waals surface area contributed by atoms with Gasteiger partial charge >= 0.3 is 0 Å². The summed E-state index contributed by atoms with van der Waals surface area (Å²) in [6, 6.07) is 11.8. The Kier molecular flexibility index (Phi) is 5.04. The van der Waals surface area contributed by atoms with Crippen LogP contribution in [0.3, 0.4) is 0 Å². The number of carbonyl (C=O) groups is 2. The molecular weight excluding hydrogens is 343 g/mol. The summed E-state index contributed by atoms with van der Waals surface area (Å²) in [6.07, 6.45) is 1.08. The molecule has 1 N–H and O–H groups in total. The molecule has 1 saturated heterocycles. The largest absolute Gasteiger partial charge is 0.326 e. The average Bonchev–Trinajstić information content (AvgIpc) is 3.00. The second-order valence-electron chi connectivity index (χ2n) is 6.04. The van der Waals surface area contributed by atoms with Crippen LogP contribution in [0.15, 0.2) is 42.5 Å². The highest BCUT2D eigenvalue weighted by Crippen LogP contribution is 2.27. The Morgan fingerprint density at radius 2 is 2.00 bits per heavy atom. The second kappa shape index (κ2) is 7.23. The summed E-state index contributed by atoms with van der Waals surface area (Å²) in [5, 5.41) is 2.64. The van der Waals surface area contributed by atoms with E-state index in [1.54, 1.807) is 4.90 Å². The topological polar surface area (TPSA) is 49.4 Å². The SMILES string of the molecule is CCc1ccc(N2C[C@@H](C(=O)Nc3ccc(F)c(Cl)c3)CC2=O)cc1. The first-order chi connectivity index (χ1) is 12.0. The number of anilines is 2. The predicted molar refractivity (Wildman–Crippen MR) is 96.3 cm³/mol. The van der Waals surface area contributed by atoms with Gasteiger partial charge in [-0.25, -0.2) is 4.39 Å². The van der Waals surface area contributed by atoms with Crippen LogP contribution in [0, 0.1) is 11.7 Å². The first-order valence-electron chi connectivity index (χ1n) is 8.13. The van der Waals surface area contributed by atoms with Crippen LogP contribution in [0.4, 0.5) is 15.8 Å². The number of benzene rings is 2. The fourth-order valence-corrected chi connectivity index (χ4v) is 3.04. The van der Waals surface area contributed by atoms with E-state index in [-0.39, 0.29) is 23.3 Å². The van der Waals surface area contributed by atoms with E-state index in [4.69, 9.17) is 11.6 Å². The first-order valence-corrected chi connectivity index (χ1v) is 8.51. The lowest BCUT2D eigenvalue weighted by atomic mass is 10.1. The fraction of sp³-hybridized carbons (Fsp3) is 0.263. The van der Waals surface area contributed by atoms with Gasteiger partial charge in [0.15, 0.2) is 0 Å². The molecule has 0 bridgehead atoms. The van der Waals surface area contributed by atoms with Crippen LogP contribution in [0.5, 0.6) is 0 Å². The normalized spacial score (nSPS) is 17.0. The third-order valence-corrected chi connectivity index (χ3v) is 4.63. The fourth-order valence-electron chi connectivity index (χ4n) is 2.86. The minimum absolute atomic E-state index is 0.0575. The minimum Gasteiger partial charge on any atom is -0.326 e. The van der Waals surface area contributed by atoms with Gasteiger partial charge in [0.05, 0.1) is 10.9 Å². The lowest BCUT2D eigenvalue weighted by Crippen LogP contribution is -2.28. The van der Waals surface area contributed by atoms with Crippen molar-refractivity contribution in [2.24, 2.45) is 5.92 Å². The average molecular weight is 361 g/mol. The highest BCUT2D eigenvalue weighted by molar-refractivity contribution is 6.31. The zero-order chi connectivity index (χ0) is 18.0. The van der Waals surface area contributed by atoms with E-state index in [0.29, 0.717) is 12.2 Å². The van der Waals surface area contributed by atoms with Crippen molar-refractivity contribution < 1.29 is 14.0 Å². The van der Waals surface area contributed by atoms with E-state index in [1.165, 1.54) is 23.8 Å². The first kappa shape index (κ1) is 17.4.